The number of rotatable bonds is 75. The average Bonchev–Trinajstić information content (AvgIpc) is 0.907. The number of unbranched alkanes of at least 4 members (excludes halogenated alkanes) is 27. The molecule has 596 valence electrons. The molecule has 0 saturated carbocycles. The Bertz CT molecular complexity index is 2490. The summed E-state index contributed by atoms with van der Waals surface area (Å²) < 4.78 is 68.4. The Labute approximate surface area is 631 Å². The fraction of sp³-hybridized carbons (Fsp3) is 0.694. The van der Waals surface area contributed by atoms with E-state index in [4.69, 9.17) is 37.0 Å². The predicted molar refractivity (Wildman–Crippen MR) is 427 cm³/mol. The maximum absolute atomic E-state index is 13.1. The lowest BCUT2D eigenvalue weighted by molar-refractivity contribution is -0.161. The van der Waals surface area contributed by atoms with Gasteiger partial charge in [-0.05, 0) is 103 Å². The van der Waals surface area contributed by atoms with Crippen LogP contribution in [-0.4, -0.2) is 96.7 Å². The van der Waals surface area contributed by atoms with Crippen molar-refractivity contribution in [1.29, 1.82) is 0 Å². The van der Waals surface area contributed by atoms with Crippen molar-refractivity contribution in [3.63, 3.8) is 0 Å². The molecule has 5 atom stereocenters. The summed E-state index contributed by atoms with van der Waals surface area (Å²) in [6.45, 7) is 4.58. The van der Waals surface area contributed by atoms with Gasteiger partial charge in [-0.2, -0.15) is 0 Å². The van der Waals surface area contributed by atoms with Gasteiger partial charge in [-0.25, -0.2) is 9.13 Å². The maximum Gasteiger partial charge on any atom is 0.472 e. The van der Waals surface area contributed by atoms with Crippen molar-refractivity contribution in [3.05, 3.63) is 134 Å². The highest BCUT2D eigenvalue weighted by Crippen LogP contribution is 2.45. The molecule has 2 unspecified atom stereocenters. The van der Waals surface area contributed by atoms with E-state index in [9.17, 15) is 43.2 Å². The van der Waals surface area contributed by atoms with E-state index >= 15 is 0 Å². The summed E-state index contributed by atoms with van der Waals surface area (Å²) in [6.07, 6.45) is 86.1. The van der Waals surface area contributed by atoms with Gasteiger partial charge < -0.3 is 33.8 Å². The summed E-state index contributed by atoms with van der Waals surface area (Å²) >= 11 is 0. The fourth-order valence-electron chi connectivity index (χ4n) is 10.5. The van der Waals surface area contributed by atoms with Crippen LogP contribution in [0.2, 0.25) is 0 Å². The number of allylic oxidation sites excluding steroid dienone is 22. The van der Waals surface area contributed by atoms with Gasteiger partial charge in [0.2, 0.25) is 0 Å². The number of hydrogen-bond donors (Lipinski definition) is 3. The highest BCUT2D eigenvalue weighted by atomic mass is 31.2. The van der Waals surface area contributed by atoms with Gasteiger partial charge in [-0.3, -0.25) is 37.3 Å². The third-order valence-corrected chi connectivity index (χ3v) is 18.6. The van der Waals surface area contributed by atoms with Crippen LogP contribution in [0.3, 0.4) is 0 Å². The lowest BCUT2D eigenvalue weighted by Crippen LogP contribution is -2.30. The van der Waals surface area contributed by atoms with Crippen LogP contribution in [0.1, 0.15) is 323 Å². The first-order valence-corrected chi connectivity index (χ1v) is 43.4. The first-order chi connectivity index (χ1) is 50.7. The number of phosphoric acid groups is 2. The molecule has 0 aliphatic heterocycles. The van der Waals surface area contributed by atoms with Gasteiger partial charge in [0.25, 0.3) is 0 Å². The van der Waals surface area contributed by atoms with Crippen molar-refractivity contribution in [2.24, 2.45) is 0 Å². The van der Waals surface area contributed by atoms with Crippen LogP contribution in [0.25, 0.3) is 0 Å². The third kappa shape index (κ3) is 75.4. The molecule has 19 heteroatoms. The molecule has 0 aromatic carbocycles. The molecule has 3 N–H and O–H groups in total. The van der Waals surface area contributed by atoms with Crippen molar-refractivity contribution >= 4 is 39.5 Å². The van der Waals surface area contributed by atoms with E-state index in [1.807, 2.05) is 36.5 Å². The van der Waals surface area contributed by atoms with E-state index in [-0.39, 0.29) is 25.7 Å². The molecule has 0 saturated heterocycles. The SMILES string of the molecule is CC/C=C\C/C=C\C/C=C\C/C=C\C/C=C\C/C=C\CCC(=O)O[C@H](COC(=O)CCCCCCCCCCCCCCC)COP(=O)(O)OC[C@@H](O)COP(=O)(O)OC[C@@H](COC(=O)CCCCCCCCCCCCCCC)OC(=O)CC/C=C\C/C=C\C/C=C\C/C=C\C/C=C\CCCCC. The minimum atomic E-state index is -5.00. The Kier molecular flexibility index (Phi) is 72.9. The Morgan fingerprint density at radius 2 is 0.519 bits per heavy atom. The molecule has 0 bridgehead atoms. The van der Waals surface area contributed by atoms with E-state index in [1.165, 1.54) is 122 Å². The van der Waals surface area contributed by atoms with Crippen molar-refractivity contribution < 1.29 is 80.2 Å². The van der Waals surface area contributed by atoms with Gasteiger partial charge in [0.05, 0.1) is 26.4 Å². The molecule has 17 nitrogen and oxygen atoms in total. The zero-order chi connectivity index (χ0) is 76.0. The molecule has 0 aliphatic rings. The van der Waals surface area contributed by atoms with E-state index < -0.39 is 97.5 Å². The third-order valence-electron chi connectivity index (χ3n) is 16.7. The number of phosphoric ester groups is 2. The molecule has 0 aliphatic carbocycles. The number of hydrogen-bond acceptors (Lipinski definition) is 15. The van der Waals surface area contributed by atoms with Crippen LogP contribution in [0.5, 0.6) is 0 Å². The highest BCUT2D eigenvalue weighted by molar-refractivity contribution is 7.47. The molecule has 0 radical (unpaired) electrons. The molecule has 0 rings (SSSR count). The number of aliphatic hydroxyl groups excluding tert-OH is 1. The lowest BCUT2D eigenvalue weighted by atomic mass is 10.0. The largest absolute Gasteiger partial charge is 0.472 e. The monoisotopic (exact) mass is 1500 g/mol. The second kappa shape index (κ2) is 76.4. The van der Waals surface area contributed by atoms with Crippen LogP contribution in [-0.2, 0) is 65.4 Å². The van der Waals surface area contributed by atoms with E-state index in [2.05, 4.69) is 125 Å². The first-order valence-electron chi connectivity index (χ1n) is 40.4. The number of carbonyl (C=O) groups is 4. The average molecular weight is 1500 g/mol. The Morgan fingerprint density at radius 3 is 0.808 bits per heavy atom. The van der Waals surface area contributed by atoms with Crippen LogP contribution in [0, 0.1) is 0 Å². The maximum atomic E-state index is 13.1. The molecular weight excluding hydrogens is 1350 g/mol. The van der Waals surface area contributed by atoms with E-state index in [1.54, 1.807) is 0 Å². The molecule has 0 amide bonds. The second-order valence-corrected chi connectivity index (χ2v) is 29.5. The smallest absolute Gasteiger partial charge is 0.462 e. The number of carbonyl (C=O) groups excluding carboxylic acids is 4. The minimum absolute atomic E-state index is 0.0308. The van der Waals surface area contributed by atoms with Crippen LogP contribution in [0.4, 0.5) is 0 Å². The van der Waals surface area contributed by atoms with Gasteiger partial charge in [-0.1, -0.05) is 328 Å². The predicted octanol–water partition coefficient (Wildman–Crippen LogP) is 23.7. The summed E-state index contributed by atoms with van der Waals surface area (Å²) in [6, 6.07) is 0. The van der Waals surface area contributed by atoms with Gasteiger partial charge >= 0.3 is 39.5 Å². The molecule has 104 heavy (non-hydrogen) atoms. The Hall–Kier alpha value is -4.80. The number of ether oxygens (including phenoxy) is 4. The normalized spacial score (nSPS) is 14.6. The van der Waals surface area contributed by atoms with E-state index in [0.717, 1.165) is 109 Å². The molecular formula is C85H144O17P2. The minimum Gasteiger partial charge on any atom is -0.462 e. The second-order valence-electron chi connectivity index (χ2n) is 26.6. The van der Waals surface area contributed by atoms with Crippen LogP contribution < -0.4 is 0 Å². The van der Waals surface area contributed by atoms with Gasteiger partial charge in [-0.15, -0.1) is 0 Å². The first kappa shape index (κ1) is 99.2. The highest BCUT2D eigenvalue weighted by Gasteiger charge is 2.30. The molecule has 0 fully saturated rings. The van der Waals surface area contributed by atoms with Crippen molar-refractivity contribution in [2.75, 3.05) is 39.6 Å². The topological polar surface area (TPSA) is 237 Å². The molecule has 0 aromatic heterocycles. The van der Waals surface area contributed by atoms with Crippen LogP contribution >= 0.6 is 15.6 Å². The lowest BCUT2D eigenvalue weighted by Gasteiger charge is -2.21. The quantitative estimate of drug-likeness (QED) is 0.0169. The summed E-state index contributed by atoms with van der Waals surface area (Å²) in [4.78, 5) is 72.9. The molecule has 0 heterocycles. The zero-order valence-corrected chi connectivity index (χ0v) is 66.9. The van der Waals surface area contributed by atoms with Gasteiger partial charge in [0, 0.05) is 25.7 Å². The summed E-state index contributed by atoms with van der Waals surface area (Å²) in [7, 11) is -10.0. The Morgan fingerprint density at radius 1 is 0.279 bits per heavy atom. The number of aliphatic hydroxyl groups is 1. The van der Waals surface area contributed by atoms with Crippen LogP contribution in [0.15, 0.2) is 134 Å². The fourth-order valence-corrected chi connectivity index (χ4v) is 12.1. The summed E-state index contributed by atoms with van der Waals surface area (Å²) in [5, 5.41) is 10.6. The van der Waals surface area contributed by atoms with Crippen molar-refractivity contribution in [1.82, 2.24) is 0 Å². The molecule has 0 spiro atoms. The van der Waals surface area contributed by atoms with Crippen molar-refractivity contribution in [3.8, 4) is 0 Å². The Balaban J connectivity index is 5.48. The van der Waals surface area contributed by atoms with Gasteiger partial charge in [0.15, 0.2) is 12.2 Å². The summed E-state index contributed by atoms with van der Waals surface area (Å²) in [5.41, 5.74) is 0. The van der Waals surface area contributed by atoms with E-state index in [0.29, 0.717) is 38.5 Å². The molecule has 0 aromatic rings. The zero-order valence-electron chi connectivity index (χ0n) is 65.2. The standard InChI is InChI=1S/C85H144O17P2/c1-5-9-13-17-21-25-29-33-35-37-39-41-43-47-51-55-59-63-67-71-84(89)101-80(75-95-82(87)69-65-61-57-53-49-45-31-27-23-19-15-11-7-3)77-99-103(91,92)97-73-79(86)74-98-104(93,94)100-78-81(76-96-83(88)70-66-62-58-54-50-46-32-28-24-20-16-12-8-4)102-85(90)72-68-64-60-56-52-48-44-42-40-38-36-34-30-26-22-18-14-10-6-2/h9,13,21-22,25-26,33-36,39-42,47-48,51-52,59-60,63-64,79-81,86H,5-8,10-12,14-20,23-24,27-32,37-38,43-46,49-50,53-58,61-62,65-78H2,1-4H3,(H,91,92)(H,93,94)/b13-9-,25-21-,26-22-,35-33-,36-34-,41-39-,42-40-,51-47-,52-48-,63-59-,64-60-/t79-,80-,81-/m1/s1. The van der Waals surface area contributed by atoms with Crippen molar-refractivity contribution in [2.45, 2.75) is 341 Å². The number of esters is 4. The summed E-state index contributed by atoms with van der Waals surface area (Å²) in [5.74, 6) is -2.36. The van der Waals surface area contributed by atoms with Gasteiger partial charge in [0.1, 0.15) is 19.3 Å².